The third kappa shape index (κ3) is 8.19. The molecule has 0 bridgehead atoms. The molecule has 0 saturated carbocycles. The Morgan fingerprint density at radius 2 is 0.667 bits per heavy atom. The molecule has 0 radical (unpaired) electrons. The number of hydrogen-bond donors (Lipinski definition) is 3. The van der Waals surface area contributed by atoms with Crippen molar-refractivity contribution in [3.63, 3.8) is 0 Å². The van der Waals surface area contributed by atoms with Crippen LogP contribution in [0.4, 0.5) is 0 Å². The zero-order valence-electron chi connectivity index (χ0n) is 40.8. The van der Waals surface area contributed by atoms with Crippen molar-refractivity contribution in [1.82, 2.24) is 0 Å². The monoisotopic (exact) mass is 940 g/mol. The van der Waals surface area contributed by atoms with Crippen molar-refractivity contribution in [3.05, 3.63) is 312 Å². The van der Waals surface area contributed by atoms with Gasteiger partial charge < -0.3 is 20.1 Å². The maximum atomic E-state index is 11.1. The Labute approximate surface area is 424 Å². The zero-order chi connectivity index (χ0) is 50.4. The number of aromatic hydroxyl groups is 3. The van der Waals surface area contributed by atoms with Gasteiger partial charge in [-0.05, 0) is 145 Å². The van der Waals surface area contributed by atoms with Crippen LogP contribution in [-0.4, -0.2) is 21.9 Å². The van der Waals surface area contributed by atoms with Crippen molar-refractivity contribution >= 4 is 0 Å². The van der Waals surface area contributed by atoms with Gasteiger partial charge >= 0.3 is 0 Å². The van der Waals surface area contributed by atoms with Crippen LogP contribution < -0.4 is 4.74 Å². The summed E-state index contributed by atoms with van der Waals surface area (Å²) in [6.45, 7) is 23.8. The van der Waals surface area contributed by atoms with Gasteiger partial charge in [0.2, 0.25) is 0 Å². The summed E-state index contributed by atoms with van der Waals surface area (Å²) in [6.07, 6.45) is 13.9. The summed E-state index contributed by atoms with van der Waals surface area (Å²) in [7, 11) is 0. The first-order chi connectivity index (χ1) is 35.2. The largest absolute Gasteiger partial charge is 0.508 e. The Hall–Kier alpha value is -8.60. The van der Waals surface area contributed by atoms with Gasteiger partial charge in [0.1, 0.15) is 29.6 Å². The van der Waals surface area contributed by atoms with Gasteiger partial charge in [-0.1, -0.05) is 189 Å². The zero-order valence-corrected chi connectivity index (χ0v) is 40.8. The predicted octanol–water partition coefficient (Wildman–Crippen LogP) is 15.4. The van der Waals surface area contributed by atoms with Gasteiger partial charge in [0.15, 0.2) is 0 Å². The first-order valence-electron chi connectivity index (χ1n) is 24.5. The summed E-state index contributed by atoms with van der Waals surface area (Å²) in [5.41, 5.74) is 17.3. The van der Waals surface area contributed by atoms with Crippen LogP contribution in [0.25, 0.3) is 22.3 Å². The Kier molecular flexibility index (Phi) is 14.0. The summed E-state index contributed by atoms with van der Waals surface area (Å²) < 4.78 is 5.99. The van der Waals surface area contributed by atoms with E-state index in [1.807, 2.05) is 42.5 Å². The first kappa shape index (κ1) is 48.4. The van der Waals surface area contributed by atoms with Gasteiger partial charge in [-0.25, -0.2) is 0 Å². The van der Waals surface area contributed by atoms with E-state index in [1.165, 1.54) is 44.5 Å². The first-order valence-corrected chi connectivity index (χ1v) is 24.5. The van der Waals surface area contributed by atoms with Crippen molar-refractivity contribution in [2.24, 2.45) is 0 Å². The highest BCUT2D eigenvalue weighted by molar-refractivity contribution is 5.88. The fourth-order valence-corrected chi connectivity index (χ4v) is 11.3. The summed E-state index contributed by atoms with van der Waals surface area (Å²) in [5, 5.41) is 32.3. The molecule has 0 fully saturated rings. The van der Waals surface area contributed by atoms with Crippen molar-refractivity contribution < 1.29 is 20.1 Å². The highest BCUT2D eigenvalue weighted by Crippen LogP contribution is 2.58. The average molecular weight is 941 g/mol. The fourth-order valence-electron chi connectivity index (χ4n) is 11.3. The van der Waals surface area contributed by atoms with Gasteiger partial charge in [0, 0.05) is 0 Å². The number of rotatable bonds is 17. The molecule has 0 amide bonds. The molecule has 2 aliphatic rings. The molecule has 0 aromatic heterocycles. The van der Waals surface area contributed by atoms with E-state index in [0.717, 1.165) is 55.8 Å². The fraction of sp³-hybridized carbons (Fsp3) is 0.118. The van der Waals surface area contributed by atoms with Crippen LogP contribution in [0, 0.1) is 0 Å². The number of ether oxygens (including phenoxy) is 1. The molecule has 4 nitrogen and oxygen atoms in total. The van der Waals surface area contributed by atoms with Gasteiger partial charge in [0.05, 0.1) is 10.8 Å². The van der Waals surface area contributed by atoms with Crippen LogP contribution in [0.2, 0.25) is 0 Å². The second kappa shape index (κ2) is 20.8. The van der Waals surface area contributed by atoms with Crippen molar-refractivity contribution in [2.45, 2.75) is 42.9 Å². The SMILES string of the molecule is C=CCOc1ccc(C2(c3ccc(O)c(CC=C)c3)c3ccccc3-c3ccccc32)cc1CC=C.C=CCc1cc(C2(c3cc(CC=C)c(O)c(CC=C)c3)c3ccccc3-c3ccccc32)ccc1O. The second-order valence-electron chi connectivity index (χ2n) is 18.4. The lowest BCUT2D eigenvalue weighted by Crippen LogP contribution is -2.29. The Bertz CT molecular complexity index is 3280. The molecule has 3 N–H and O–H groups in total. The molecule has 0 atom stereocenters. The maximum absolute atomic E-state index is 11.1. The van der Waals surface area contributed by atoms with Crippen LogP contribution in [0.3, 0.4) is 0 Å². The third-order valence-electron chi connectivity index (χ3n) is 14.3. The molecule has 356 valence electrons. The minimum absolute atomic E-state index is 0.263. The standard InChI is InChI=1S/2C34H30O2/c1-4-11-24-22-26(17-19-32(24)35)34(27-18-20-33(36-21-6-3)25(23-27)12-5-2)30-15-9-7-13-28(30)29-14-8-10-16-31(29)34;1-4-11-23-20-26(18-19-32(23)35)34(27-21-24(12-5-2)33(36)25(22-27)13-6-3)30-16-9-7-14-28(30)29-15-8-10-17-31(29)34/h4-10,13-20,22-23,35H,1-3,11-12,21H2;4-10,14-22,35-36H,1-3,11-13H2. The molecular weight excluding hydrogens is 881 g/mol. The topological polar surface area (TPSA) is 69.9 Å². The Balaban J connectivity index is 0.000000178. The minimum atomic E-state index is -0.629. The molecule has 0 spiro atoms. The van der Waals surface area contributed by atoms with E-state index in [9.17, 15) is 15.3 Å². The molecule has 72 heavy (non-hydrogen) atoms. The molecule has 2 aliphatic carbocycles. The average Bonchev–Trinajstić information content (AvgIpc) is 3.88. The van der Waals surface area contributed by atoms with E-state index < -0.39 is 10.8 Å². The van der Waals surface area contributed by atoms with Crippen molar-refractivity contribution in [1.29, 1.82) is 0 Å². The van der Waals surface area contributed by atoms with Gasteiger partial charge in [0.25, 0.3) is 0 Å². The van der Waals surface area contributed by atoms with E-state index in [-0.39, 0.29) is 11.5 Å². The molecule has 10 rings (SSSR count). The van der Waals surface area contributed by atoms with E-state index in [4.69, 9.17) is 4.74 Å². The van der Waals surface area contributed by atoms with E-state index in [2.05, 4.69) is 185 Å². The third-order valence-corrected chi connectivity index (χ3v) is 14.3. The van der Waals surface area contributed by atoms with Crippen LogP contribution in [-0.2, 0) is 42.9 Å². The van der Waals surface area contributed by atoms with E-state index >= 15 is 0 Å². The predicted molar refractivity (Wildman–Crippen MR) is 298 cm³/mol. The Morgan fingerprint density at radius 1 is 0.347 bits per heavy atom. The van der Waals surface area contributed by atoms with Gasteiger partial charge in [-0.3, -0.25) is 0 Å². The summed E-state index contributed by atoms with van der Waals surface area (Å²) >= 11 is 0. The number of phenolic OH excluding ortho intramolecular Hbond substituents is 3. The number of benzene rings is 8. The van der Waals surface area contributed by atoms with Gasteiger partial charge in [-0.15, -0.1) is 32.9 Å². The molecule has 0 aliphatic heterocycles. The minimum Gasteiger partial charge on any atom is -0.508 e. The molecule has 8 aromatic carbocycles. The van der Waals surface area contributed by atoms with Crippen molar-refractivity contribution in [2.75, 3.05) is 6.61 Å². The summed E-state index contributed by atoms with van der Waals surface area (Å²) in [6, 6.07) is 57.0. The quantitative estimate of drug-likeness (QED) is 0.0796. The highest BCUT2D eigenvalue weighted by Gasteiger charge is 2.48. The maximum Gasteiger partial charge on any atom is 0.123 e. The number of allylic oxidation sites excluding steroid dienone is 5. The van der Waals surface area contributed by atoms with E-state index in [0.29, 0.717) is 44.5 Å². The normalized spacial score (nSPS) is 12.9. The summed E-state index contributed by atoms with van der Waals surface area (Å²) in [5.74, 6) is 1.69. The molecule has 0 heterocycles. The molecule has 0 unspecified atom stereocenters. The lowest BCUT2D eigenvalue weighted by Gasteiger charge is -2.35. The highest BCUT2D eigenvalue weighted by atomic mass is 16.5. The number of phenols is 3. The molecule has 4 heteroatoms. The lowest BCUT2D eigenvalue weighted by molar-refractivity contribution is 0.359. The number of hydrogen-bond acceptors (Lipinski definition) is 4. The molecule has 0 saturated heterocycles. The van der Waals surface area contributed by atoms with Gasteiger partial charge in [-0.2, -0.15) is 0 Å². The smallest absolute Gasteiger partial charge is 0.123 e. The van der Waals surface area contributed by atoms with Crippen LogP contribution in [0.1, 0.15) is 72.3 Å². The van der Waals surface area contributed by atoms with Crippen LogP contribution in [0.5, 0.6) is 23.0 Å². The van der Waals surface area contributed by atoms with E-state index in [1.54, 1.807) is 12.1 Å². The Morgan fingerprint density at radius 3 is 1.06 bits per heavy atom. The molecular formula is C68H60O4. The van der Waals surface area contributed by atoms with Crippen molar-refractivity contribution in [3.8, 4) is 45.3 Å². The second-order valence-corrected chi connectivity index (χ2v) is 18.4. The molecule has 8 aromatic rings. The van der Waals surface area contributed by atoms with Crippen LogP contribution >= 0.6 is 0 Å². The summed E-state index contributed by atoms with van der Waals surface area (Å²) in [4.78, 5) is 0. The lowest BCUT2D eigenvalue weighted by atomic mass is 9.66. The number of fused-ring (bicyclic) bond motifs is 6. The van der Waals surface area contributed by atoms with Crippen LogP contribution in [0.15, 0.2) is 240 Å².